The van der Waals surface area contributed by atoms with Crippen molar-refractivity contribution in [2.75, 3.05) is 20.2 Å². The molecule has 2 aromatic carbocycles. The molecule has 0 amide bonds. The molecule has 3 aromatic rings. The standard InChI is InChI=1S/C19H20N4O3S/c1-26-17-7-9-18(10-8-17)27(24,25)22-12-11-16(13-22)23-14-19(20-21-23)15-5-3-2-4-6-15/h2-10,14,16H,11-13H2,1H3. The topological polar surface area (TPSA) is 77.3 Å². The van der Waals surface area contributed by atoms with Gasteiger partial charge >= 0.3 is 0 Å². The molecule has 1 unspecified atom stereocenters. The summed E-state index contributed by atoms with van der Waals surface area (Å²) >= 11 is 0. The molecule has 140 valence electrons. The third kappa shape index (κ3) is 3.45. The number of methoxy groups -OCH3 is 1. The van der Waals surface area contributed by atoms with Gasteiger partial charge in [-0.25, -0.2) is 13.1 Å². The minimum absolute atomic E-state index is 0.0250. The fourth-order valence-electron chi connectivity index (χ4n) is 3.24. The van der Waals surface area contributed by atoms with Crippen molar-refractivity contribution in [1.82, 2.24) is 19.3 Å². The van der Waals surface area contributed by atoms with Crippen LogP contribution in [-0.4, -0.2) is 47.9 Å². The van der Waals surface area contributed by atoms with Gasteiger partial charge in [0.25, 0.3) is 0 Å². The van der Waals surface area contributed by atoms with Crippen LogP contribution in [0.3, 0.4) is 0 Å². The molecule has 0 saturated carbocycles. The molecule has 4 rings (SSSR count). The van der Waals surface area contributed by atoms with Crippen LogP contribution in [0.2, 0.25) is 0 Å². The smallest absolute Gasteiger partial charge is 0.243 e. The maximum atomic E-state index is 12.9. The van der Waals surface area contributed by atoms with E-state index in [-0.39, 0.29) is 10.9 Å². The van der Waals surface area contributed by atoms with Crippen molar-refractivity contribution in [2.45, 2.75) is 17.4 Å². The molecule has 0 bridgehead atoms. The van der Waals surface area contributed by atoms with Gasteiger partial charge < -0.3 is 4.74 Å². The molecule has 7 nitrogen and oxygen atoms in total. The maximum absolute atomic E-state index is 12.9. The molecule has 0 aliphatic carbocycles. The zero-order chi connectivity index (χ0) is 18.9. The quantitative estimate of drug-likeness (QED) is 0.676. The molecule has 8 heteroatoms. The van der Waals surface area contributed by atoms with Crippen LogP contribution >= 0.6 is 0 Å². The van der Waals surface area contributed by atoms with Crippen molar-refractivity contribution < 1.29 is 13.2 Å². The lowest BCUT2D eigenvalue weighted by Crippen LogP contribution is -2.29. The van der Waals surface area contributed by atoms with Gasteiger partial charge in [-0.05, 0) is 30.7 Å². The van der Waals surface area contributed by atoms with Gasteiger partial charge in [-0.1, -0.05) is 35.5 Å². The van der Waals surface area contributed by atoms with E-state index in [0.29, 0.717) is 25.3 Å². The van der Waals surface area contributed by atoms with Crippen LogP contribution in [0.15, 0.2) is 65.7 Å². The van der Waals surface area contributed by atoms with Crippen LogP contribution in [0.1, 0.15) is 12.5 Å². The molecule has 1 atom stereocenters. The van der Waals surface area contributed by atoms with E-state index in [0.717, 1.165) is 11.3 Å². The molecule has 1 fully saturated rings. The Balaban J connectivity index is 1.50. The average molecular weight is 384 g/mol. The van der Waals surface area contributed by atoms with E-state index in [1.54, 1.807) is 36.1 Å². The van der Waals surface area contributed by atoms with Gasteiger partial charge in [-0.3, -0.25) is 0 Å². The van der Waals surface area contributed by atoms with Gasteiger partial charge in [0.05, 0.1) is 24.2 Å². The number of ether oxygens (including phenoxy) is 1. The van der Waals surface area contributed by atoms with Crippen molar-refractivity contribution >= 4 is 10.0 Å². The van der Waals surface area contributed by atoms with Crippen LogP contribution < -0.4 is 4.74 Å². The van der Waals surface area contributed by atoms with Crippen molar-refractivity contribution in [2.24, 2.45) is 0 Å². The van der Waals surface area contributed by atoms with Crippen molar-refractivity contribution in [3.05, 3.63) is 60.8 Å². The van der Waals surface area contributed by atoms with Crippen LogP contribution in [-0.2, 0) is 10.0 Å². The molecule has 0 N–H and O–H groups in total. The summed E-state index contributed by atoms with van der Waals surface area (Å²) in [6.07, 6.45) is 2.58. The first-order valence-corrected chi connectivity index (χ1v) is 10.1. The monoisotopic (exact) mass is 384 g/mol. The summed E-state index contributed by atoms with van der Waals surface area (Å²) in [5.74, 6) is 0.629. The van der Waals surface area contributed by atoms with Crippen molar-refractivity contribution in [3.8, 4) is 17.0 Å². The summed E-state index contributed by atoms with van der Waals surface area (Å²) < 4.78 is 34.1. The van der Waals surface area contributed by atoms with Crippen molar-refractivity contribution in [1.29, 1.82) is 0 Å². The normalized spacial score (nSPS) is 17.9. The van der Waals surface area contributed by atoms with Gasteiger partial charge in [0.15, 0.2) is 0 Å². The molecule has 0 spiro atoms. The second-order valence-electron chi connectivity index (χ2n) is 6.43. The fraction of sp³-hybridized carbons (Fsp3) is 0.263. The largest absolute Gasteiger partial charge is 0.497 e. The predicted molar refractivity (Wildman–Crippen MR) is 101 cm³/mol. The number of rotatable bonds is 5. The summed E-state index contributed by atoms with van der Waals surface area (Å²) in [7, 11) is -1.98. The summed E-state index contributed by atoms with van der Waals surface area (Å²) in [4.78, 5) is 0.271. The number of benzene rings is 2. The molecular formula is C19H20N4O3S. The van der Waals surface area contributed by atoms with Gasteiger partial charge in [0.2, 0.25) is 10.0 Å². The third-order valence-electron chi connectivity index (χ3n) is 4.78. The van der Waals surface area contributed by atoms with E-state index in [2.05, 4.69) is 10.3 Å². The lowest BCUT2D eigenvalue weighted by atomic mass is 10.2. The summed E-state index contributed by atoms with van der Waals surface area (Å²) in [5, 5.41) is 8.44. The molecule has 1 saturated heterocycles. The fourth-order valence-corrected chi connectivity index (χ4v) is 4.73. The molecule has 0 radical (unpaired) electrons. The molecule has 2 heterocycles. The number of hydrogen-bond acceptors (Lipinski definition) is 5. The average Bonchev–Trinajstić information content (AvgIpc) is 3.38. The number of hydrogen-bond donors (Lipinski definition) is 0. The Kier molecular flexibility index (Phi) is 4.67. The van der Waals surface area contributed by atoms with E-state index in [1.165, 1.54) is 4.31 Å². The first kappa shape index (κ1) is 17.7. The number of aromatic nitrogens is 3. The van der Waals surface area contributed by atoms with E-state index in [1.807, 2.05) is 36.5 Å². The van der Waals surface area contributed by atoms with Crippen LogP contribution in [0.25, 0.3) is 11.3 Å². The highest BCUT2D eigenvalue weighted by atomic mass is 32.2. The highest BCUT2D eigenvalue weighted by Crippen LogP contribution is 2.28. The predicted octanol–water partition coefficient (Wildman–Crippen LogP) is 2.59. The molecule has 1 aromatic heterocycles. The Hall–Kier alpha value is -2.71. The van der Waals surface area contributed by atoms with E-state index < -0.39 is 10.0 Å². The first-order chi connectivity index (χ1) is 13.1. The zero-order valence-corrected chi connectivity index (χ0v) is 15.7. The van der Waals surface area contributed by atoms with Gasteiger partial charge in [-0.15, -0.1) is 5.10 Å². The van der Waals surface area contributed by atoms with Gasteiger partial charge in [-0.2, -0.15) is 4.31 Å². The summed E-state index contributed by atoms with van der Waals surface area (Å²) in [5.41, 5.74) is 1.77. The first-order valence-electron chi connectivity index (χ1n) is 8.69. The Morgan fingerprint density at radius 1 is 1.07 bits per heavy atom. The number of sulfonamides is 1. The Labute approximate surface area is 158 Å². The van der Waals surface area contributed by atoms with E-state index >= 15 is 0 Å². The molecule has 1 aliphatic rings. The second kappa shape index (κ2) is 7.13. The molecular weight excluding hydrogens is 364 g/mol. The van der Waals surface area contributed by atoms with Crippen LogP contribution in [0, 0.1) is 0 Å². The van der Waals surface area contributed by atoms with Crippen molar-refractivity contribution in [3.63, 3.8) is 0 Å². The minimum Gasteiger partial charge on any atom is -0.497 e. The Bertz CT molecular complexity index is 1020. The molecule has 27 heavy (non-hydrogen) atoms. The Morgan fingerprint density at radius 3 is 2.52 bits per heavy atom. The maximum Gasteiger partial charge on any atom is 0.243 e. The van der Waals surface area contributed by atoms with Crippen LogP contribution in [0.4, 0.5) is 0 Å². The zero-order valence-electron chi connectivity index (χ0n) is 14.9. The van der Waals surface area contributed by atoms with Crippen LogP contribution in [0.5, 0.6) is 5.75 Å². The summed E-state index contributed by atoms with van der Waals surface area (Å²) in [6.45, 7) is 0.839. The van der Waals surface area contributed by atoms with Gasteiger partial charge in [0, 0.05) is 18.7 Å². The second-order valence-corrected chi connectivity index (χ2v) is 8.37. The highest BCUT2D eigenvalue weighted by molar-refractivity contribution is 7.89. The minimum atomic E-state index is -3.53. The Morgan fingerprint density at radius 2 is 1.81 bits per heavy atom. The summed E-state index contributed by atoms with van der Waals surface area (Å²) in [6, 6.07) is 16.2. The lowest BCUT2D eigenvalue weighted by Gasteiger charge is -2.16. The molecule has 1 aliphatic heterocycles. The number of nitrogens with zero attached hydrogens (tertiary/aromatic N) is 4. The van der Waals surface area contributed by atoms with Gasteiger partial charge in [0.1, 0.15) is 11.4 Å². The SMILES string of the molecule is COc1ccc(S(=O)(=O)N2CCC(n3cc(-c4ccccc4)nn3)C2)cc1. The lowest BCUT2D eigenvalue weighted by molar-refractivity contribution is 0.414. The van der Waals surface area contributed by atoms with E-state index in [9.17, 15) is 8.42 Å². The van der Waals surface area contributed by atoms with E-state index in [4.69, 9.17) is 4.74 Å². The highest BCUT2D eigenvalue weighted by Gasteiger charge is 2.34. The third-order valence-corrected chi connectivity index (χ3v) is 6.66.